The minimum Gasteiger partial charge on any atom is -0.419 e. The summed E-state index contributed by atoms with van der Waals surface area (Å²) in [5.41, 5.74) is 1.49. The molecule has 7 heteroatoms. The van der Waals surface area contributed by atoms with E-state index in [1.54, 1.807) is 24.5 Å². The Kier molecular flexibility index (Phi) is 3.16. The van der Waals surface area contributed by atoms with Crippen LogP contribution in [0.3, 0.4) is 0 Å². The zero-order chi connectivity index (χ0) is 13.1. The number of rotatable bonds is 3. The average Bonchev–Trinajstić information content (AvgIpc) is 2.89. The van der Waals surface area contributed by atoms with Crippen LogP contribution in [-0.4, -0.2) is 25.4 Å². The third kappa shape index (κ3) is 2.74. The predicted octanol–water partition coefficient (Wildman–Crippen LogP) is 2.17. The van der Waals surface area contributed by atoms with Crippen LogP contribution in [0.25, 0.3) is 11.6 Å². The van der Waals surface area contributed by atoms with E-state index in [0.29, 0.717) is 29.0 Å². The number of halogens is 1. The van der Waals surface area contributed by atoms with Crippen molar-refractivity contribution in [2.45, 2.75) is 6.42 Å². The van der Waals surface area contributed by atoms with E-state index >= 15 is 0 Å². The number of aromatic nitrogens is 5. The van der Waals surface area contributed by atoms with Crippen LogP contribution < -0.4 is 0 Å². The number of hydrogen-bond acceptors (Lipinski definition) is 6. The fourth-order valence-corrected chi connectivity index (χ4v) is 1.64. The first-order chi connectivity index (χ1) is 9.31. The molecule has 0 fully saturated rings. The Morgan fingerprint density at radius 1 is 1.05 bits per heavy atom. The lowest BCUT2D eigenvalue weighted by Crippen LogP contribution is -1.88. The summed E-state index contributed by atoms with van der Waals surface area (Å²) in [6, 6.07) is 7.10. The second kappa shape index (κ2) is 5.11. The first-order valence-electron chi connectivity index (χ1n) is 5.52. The molecule has 94 valence electrons. The van der Waals surface area contributed by atoms with E-state index in [2.05, 4.69) is 25.4 Å². The van der Waals surface area contributed by atoms with Gasteiger partial charge in [-0.1, -0.05) is 17.7 Å². The highest BCUT2D eigenvalue weighted by molar-refractivity contribution is 6.29. The summed E-state index contributed by atoms with van der Waals surface area (Å²) in [7, 11) is 0. The van der Waals surface area contributed by atoms with Crippen molar-refractivity contribution in [1.82, 2.24) is 25.4 Å². The number of nitrogens with zero attached hydrogens (tertiary/aromatic N) is 5. The van der Waals surface area contributed by atoms with Crippen molar-refractivity contribution in [3.63, 3.8) is 0 Å². The van der Waals surface area contributed by atoms with E-state index in [-0.39, 0.29) is 0 Å². The molecule has 3 rings (SSSR count). The second-order valence-corrected chi connectivity index (χ2v) is 4.17. The van der Waals surface area contributed by atoms with Gasteiger partial charge in [-0.15, -0.1) is 20.4 Å². The molecule has 3 aromatic rings. The Morgan fingerprint density at radius 3 is 2.74 bits per heavy atom. The summed E-state index contributed by atoms with van der Waals surface area (Å²) in [5.74, 6) is 0.822. The molecule has 0 saturated carbocycles. The van der Waals surface area contributed by atoms with Crippen LogP contribution in [0.15, 0.2) is 41.1 Å². The quantitative estimate of drug-likeness (QED) is 0.728. The predicted molar refractivity (Wildman–Crippen MR) is 67.4 cm³/mol. The molecule has 3 aromatic heterocycles. The normalized spacial score (nSPS) is 10.6. The molecule has 0 atom stereocenters. The molecule has 6 nitrogen and oxygen atoms in total. The molecule has 0 N–H and O–H groups in total. The maximum Gasteiger partial charge on any atom is 0.268 e. The fourth-order valence-electron chi connectivity index (χ4n) is 1.54. The van der Waals surface area contributed by atoms with Gasteiger partial charge in [0.25, 0.3) is 5.89 Å². The highest BCUT2D eigenvalue weighted by Gasteiger charge is 2.10. The molecule has 0 unspecified atom stereocenters. The molecule has 0 amide bonds. The molecule has 0 aliphatic rings. The molecular weight excluding hydrogens is 266 g/mol. The molecule has 0 radical (unpaired) electrons. The van der Waals surface area contributed by atoms with E-state index in [9.17, 15) is 0 Å². The van der Waals surface area contributed by atoms with Crippen LogP contribution in [0.2, 0.25) is 5.15 Å². The summed E-state index contributed by atoms with van der Waals surface area (Å²) in [6.45, 7) is 0. The molecule has 0 spiro atoms. The van der Waals surface area contributed by atoms with Gasteiger partial charge in [0.2, 0.25) is 5.89 Å². The highest BCUT2D eigenvalue weighted by atomic mass is 35.5. The van der Waals surface area contributed by atoms with Gasteiger partial charge in [-0.2, -0.15) is 0 Å². The van der Waals surface area contributed by atoms with Gasteiger partial charge in [0.05, 0.1) is 6.42 Å². The zero-order valence-corrected chi connectivity index (χ0v) is 10.4. The third-order valence-corrected chi connectivity index (χ3v) is 2.60. The fraction of sp³-hybridized carbons (Fsp3) is 0.0833. The van der Waals surface area contributed by atoms with E-state index in [1.807, 2.05) is 12.1 Å². The van der Waals surface area contributed by atoms with Gasteiger partial charge in [0.1, 0.15) is 5.69 Å². The lowest BCUT2D eigenvalue weighted by Gasteiger charge is -1.94. The van der Waals surface area contributed by atoms with Crippen molar-refractivity contribution in [3.8, 4) is 11.6 Å². The third-order valence-electron chi connectivity index (χ3n) is 2.40. The van der Waals surface area contributed by atoms with Crippen molar-refractivity contribution >= 4 is 11.6 Å². The Morgan fingerprint density at radius 2 is 2.00 bits per heavy atom. The van der Waals surface area contributed by atoms with Crippen molar-refractivity contribution in [2.75, 3.05) is 0 Å². The minimum absolute atomic E-state index is 0.318. The zero-order valence-electron chi connectivity index (χ0n) is 9.69. The van der Waals surface area contributed by atoms with E-state index < -0.39 is 0 Å². The van der Waals surface area contributed by atoms with Gasteiger partial charge in [-0.3, -0.25) is 4.98 Å². The molecule has 0 aromatic carbocycles. The van der Waals surface area contributed by atoms with E-state index in [4.69, 9.17) is 16.0 Å². The Hall–Kier alpha value is -2.34. The van der Waals surface area contributed by atoms with Crippen LogP contribution in [0.1, 0.15) is 11.5 Å². The molecule has 3 heterocycles. The number of pyridine rings is 1. The van der Waals surface area contributed by atoms with Crippen LogP contribution in [0.5, 0.6) is 0 Å². The molecule has 0 aliphatic carbocycles. The molecule has 19 heavy (non-hydrogen) atoms. The van der Waals surface area contributed by atoms with E-state index in [1.165, 1.54) is 0 Å². The summed E-state index contributed by atoms with van der Waals surface area (Å²) in [4.78, 5) is 4.03. The van der Waals surface area contributed by atoms with Gasteiger partial charge >= 0.3 is 0 Å². The first-order valence-corrected chi connectivity index (χ1v) is 5.90. The Labute approximate surface area is 113 Å². The Balaban J connectivity index is 1.82. The van der Waals surface area contributed by atoms with Crippen molar-refractivity contribution in [1.29, 1.82) is 0 Å². The van der Waals surface area contributed by atoms with Crippen molar-refractivity contribution in [2.24, 2.45) is 0 Å². The summed E-state index contributed by atoms with van der Waals surface area (Å²) in [6.07, 6.45) is 4.00. The maximum absolute atomic E-state index is 5.66. The van der Waals surface area contributed by atoms with Crippen LogP contribution in [0, 0.1) is 0 Å². The van der Waals surface area contributed by atoms with Gasteiger partial charge in [-0.25, -0.2) is 0 Å². The molecule has 0 aliphatic heterocycles. The average molecular weight is 274 g/mol. The maximum atomic E-state index is 5.66. The van der Waals surface area contributed by atoms with Gasteiger partial charge < -0.3 is 4.42 Å². The summed E-state index contributed by atoms with van der Waals surface area (Å²) < 4.78 is 5.52. The highest BCUT2D eigenvalue weighted by Crippen LogP contribution is 2.17. The van der Waals surface area contributed by atoms with Crippen molar-refractivity contribution < 1.29 is 4.42 Å². The lowest BCUT2D eigenvalue weighted by atomic mass is 10.2. The Bertz CT molecular complexity index is 668. The summed E-state index contributed by atoms with van der Waals surface area (Å²) >= 11 is 5.66. The SMILES string of the molecule is Clc1ccc(-c2nnc(Cc3cccnc3)o2)nn1. The summed E-state index contributed by atoms with van der Waals surface area (Å²) in [5, 5.41) is 15.8. The standard InChI is InChI=1S/C12H8ClN5O/c13-10-4-3-9(15-16-10)12-18-17-11(19-12)6-8-2-1-5-14-7-8/h1-5,7H,6H2. The monoisotopic (exact) mass is 273 g/mol. The van der Waals surface area contributed by atoms with Crippen LogP contribution in [0.4, 0.5) is 0 Å². The van der Waals surface area contributed by atoms with Gasteiger partial charge in [0, 0.05) is 12.4 Å². The molecule has 0 bridgehead atoms. The first kappa shape index (κ1) is 11.7. The molecular formula is C12H8ClN5O. The minimum atomic E-state index is 0.318. The smallest absolute Gasteiger partial charge is 0.268 e. The topological polar surface area (TPSA) is 77.6 Å². The largest absolute Gasteiger partial charge is 0.419 e. The van der Waals surface area contributed by atoms with Gasteiger partial charge in [-0.05, 0) is 23.8 Å². The van der Waals surface area contributed by atoms with Crippen molar-refractivity contribution in [3.05, 3.63) is 53.3 Å². The lowest BCUT2D eigenvalue weighted by molar-refractivity contribution is 0.515. The van der Waals surface area contributed by atoms with Gasteiger partial charge in [0.15, 0.2) is 5.15 Å². The number of hydrogen-bond donors (Lipinski definition) is 0. The second-order valence-electron chi connectivity index (χ2n) is 3.78. The molecule has 0 saturated heterocycles. The van der Waals surface area contributed by atoms with E-state index in [0.717, 1.165) is 5.56 Å². The van der Waals surface area contributed by atoms with Crippen LogP contribution >= 0.6 is 11.6 Å². The van der Waals surface area contributed by atoms with Crippen LogP contribution in [-0.2, 0) is 6.42 Å².